The topological polar surface area (TPSA) is 156 Å². The highest BCUT2D eigenvalue weighted by Gasteiger charge is 2.43. The molecule has 1 saturated heterocycles. The number of para-hydroxylation sites is 1. The Morgan fingerprint density at radius 2 is 1.83 bits per heavy atom. The molecule has 3 rings (SSSR count). The van der Waals surface area contributed by atoms with Crippen molar-refractivity contribution in [1.82, 2.24) is 14.6 Å². The van der Waals surface area contributed by atoms with Crippen LogP contribution >= 0.6 is 7.75 Å². The van der Waals surface area contributed by atoms with E-state index in [0.717, 1.165) is 4.57 Å². The van der Waals surface area contributed by atoms with Crippen LogP contribution < -0.4 is 20.9 Å². The minimum atomic E-state index is -4.17. The lowest BCUT2D eigenvalue weighted by molar-refractivity contribution is -0.162. The molecule has 5 atom stereocenters. The van der Waals surface area contributed by atoms with Gasteiger partial charge in [-0.2, -0.15) is 4.39 Å². The molecule has 0 spiro atoms. The van der Waals surface area contributed by atoms with Gasteiger partial charge in [0.2, 0.25) is 5.82 Å². The maximum absolute atomic E-state index is 14.1. The Bertz CT molecular complexity index is 1340. The maximum atomic E-state index is 14.1. The van der Waals surface area contributed by atoms with Crippen LogP contribution in [0.15, 0.2) is 46.1 Å². The Morgan fingerprint density at radius 3 is 2.43 bits per heavy atom. The van der Waals surface area contributed by atoms with Crippen LogP contribution in [0, 0.1) is 11.2 Å². The van der Waals surface area contributed by atoms with Crippen molar-refractivity contribution in [3.63, 3.8) is 0 Å². The summed E-state index contributed by atoms with van der Waals surface area (Å²) in [5, 5.41) is 2.83. The lowest BCUT2D eigenvalue weighted by Crippen LogP contribution is -2.41. The summed E-state index contributed by atoms with van der Waals surface area (Å²) in [6, 6.07) is 7.68. The van der Waals surface area contributed by atoms with E-state index in [4.69, 9.17) is 28.0 Å². The number of hydrogen-bond donors (Lipinski definition) is 2. The molecule has 13 nitrogen and oxygen atoms in total. The molecule has 2 N–H and O–H groups in total. The van der Waals surface area contributed by atoms with E-state index in [1.807, 2.05) is 4.98 Å². The largest absolute Gasteiger partial charge is 0.459 e. The predicted molar refractivity (Wildman–Crippen MR) is 149 cm³/mol. The van der Waals surface area contributed by atoms with Gasteiger partial charge in [-0.25, -0.2) is 14.4 Å². The van der Waals surface area contributed by atoms with Crippen LogP contribution in [-0.2, 0) is 32.8 Å². The van der Waals surface area contributed by atoms with Crippen LogP contribution in [0.5, 0.6) is 5.75 Å². The van der Waals surface area contributed by atoms with Crippen molar-refractivity contribution in [2.75, 3.05) is 19.8 Å². The fourth-order valence-corrected chi connectivity index (χ4v) is 5.53. The molecule has 5 unspecified atom stereocenters. The van der Waals surface area contributed by atoms with Crippen LogP contribution in [0.4, 0.5) is 4.39 Å². The van der Waals surface area contributed by atoms with Gasteiger partial charge in [-0.05, 0) is 53.7 Å². The number of aromatic nitrogens is 2. The second kappa shape index (κ2) is 14.5. The van der Waals surface area contributed by atoms with Crippen LogP contribution in [0.25, 0.3) is 0 Å². The molecule has 1 aliphatic rings. The summed E-state index contributed by atoms with van der Waals surface area (Å²) >= 11 is 0. The third-order valence-corrected chi connectivity index (χ3v) is 7.76. The number of carbonyl (C=O) groups is 1. The van der Waals surface area contributed by atoms with Gasteiger partial charge in [-0.1, -0.05) is 18.2 Å². The molecule has 1 aliphatic heterocycles. The van der Waals surface area contributed by atoms with Crippen LogP contribution in [0.1, 0.15) is 54.2 Å². The molecule has 0 radical (unpaired) electrons. The Labute approximate surface area is 243 Å². The molecule has 0 aliphatic carbocycles. The first kappa shape index (κ1) is 33.6. The standard InChI is InChI=1S/C27H39FN3O10P/c1-7-36-24(37-8-2)17(3)30-42(35,41-18-12-10-9-11-13-18)38-16-21-20(40-25(33)27(4,5)6)14-22(39-21)31-15-19(28)23(32)29-26(31)34/h9-13,15,17,20-22,24H,7-8,14,16H2,1-6H3,(H,30,35)(H,29,32,34). The van der Waals surface area contributed by atoms with E-state index in [1.165, 1.54) is 0 Å². The molecule has 0 saturated carbocycles. The van der Waals surface area contributed by atoms with Gasteiger partial charge in [0.25, 0.3) is 5.56 Å². The molecule has 1 aromatic carbocycles. The van der Waals surface area contributed by atoms with Crippen molar-refractivity contribution in [3.05, 3.63) is 63.2 Å². The lowest BCUT2D eigenvalue weighted by Gasteiger charge is -2.29. The highest BCUT2D eigenvalue weighted by atomic mass is 31.2. The molecule has 1 fully saturated rings. The number of aromatic amines is 1. The summed E-state index contributed by atoms with van der Waals surface area (Å²) in [6.45, 7) is 10.5. The number of H-pyrrole nitrogens is 1. The molecule has 234 valence electrons. The van der Waals surface area contributed by atoms with E-state index < -0.39 is 73.6 Å². The van der Waals surface area contributed by atoms with E-state index in [-0.39, 0.29) is 12.2 Å². The summed E-state index contributed by atoms with van der Waals surface area (Å²) in [5.41, 5.74) is -2.97. The zero-order chi connectivity index (χ0) is 31.1. The average Bonchev–Trinajstić information content (AvgIpc) is 3.31. The zero-order valence-corrected chi connectivity index (χ0v) is 25.4. The van der Waals surface area contributed by atoms with E-state index in [9.17, 15) is 23.3 Å². The van der Waals surface area contributed by atoms with Crippen molar-refractivity contribution in [2.45, 2.75) is 78.7 Å². The number of rotatable bonds is 14. The minimum absolute atomic E-state index is 0.0777. The summed E-state index contributed by atoms with van der Waals surface area (Å²) < 4.78 is 63.4. The first-order valence-corrected chi connectivity index (χ1v) is 15.2. The molecule has 2 heterocycles. The third-order valence-electron chi connectivity index (χ3n) is 6.10. The van der Waals surface area contributed by atoms with Crippen molar-refractivity contribution < 1.29 is 41.7 Å². The van der Waals surface area contributed by atoms with Gasteiger partial charge >= 0.3 is 19.4 Å². The molecule has 42 heavy (non-hydrogen) atoms. The van der Waals surface area contributed by atoms with Crippen LogP contribution in [0.2, 0.25) is 0 Å². The highest BCUT2D eigenvalue weighted by molar-refractivity contribution is 7.52. The van der Waals surface area contributed by atoms with Gasteiger partial charge in [0, 0.05) is 19.6 Å². The molecule has 1 aromatic heterocycles. The summed E-state index contributed by atoms with van der Waals surface area (Å²) in [4.78, 5) is 38.6. The monoisotopic (exact) mass is 615 g/mol. The number of benzene rings is 1. The van der Waals surface area contributed by atoms with E-state index in [0.29, 0.717) is 19.4 Å². The quantitative estimate of drug-likeness (QED) is 0.182. The second-order valence-corrected chi connectivity index (χ2v) is 12.3. The SMILES string of the molecule is CCOC(OCC)C(C)NP(=O)(OCC1OC(n2cc(F)c(=O)[nH]c2=O)CC1OC(=O)C(C)(C)C)Oc1ccccc1. The number of carbonyl (C=O) groups excluding carboxylic acids is 1. The molecule has 15 heteroatoms. The summed E-state index contributed by atoms with van der Waals surface area (Å²) in [5.74, 6) is -1.51. The highest BCUT2D eigenvalue weighted by Crippen LogP contribution is 2.46. The Morgan fingerprint density at radius 1 is 1.19 bits per heavy atom. The van der Waals surface area contributed by atoms with Gasteiger partial charge < -0.3 is 23.5 Å². The van der Waals surface area contributed by atoms with Gasteiger partial charge in [-0.3, -0.25) is 23.7 Å². The first-order chi connectivity index (χ1) is 19.8. The van der Waals surface area contributed by atoms with Gasteiger partial charge in [0.05, 0.1) is 24.3 Å². The first-order valence-electron chi connectivity index (χ1n) is 13.6. The third kappa shape index (κ3) is 9.06. The fourth-order valence-electron chi connectivity index (χ4n) is 3.99. The number of esters is 1. The van der Waals surface area contributed by atoms with Crippen LogP contribution in [-0.4, -0.2) is 59.9 Å². The lowest BCUT2D eigenvalue weighted by atomic mass is 9.97. The van der Waals surface area contributed by atoms with E-state index in [1.54, 1.807) is 71.9 Å². The maximum Gasteiger partial charge on any atom is 0.459 e. The number of nitrogens with zero attached hydrogens (tertiary/aromatic N) is 1. The molecule has 0 bridgehead atoms. The number of nitrogens with one attached hydrogen (secondary N) is 2. The van der Waals surface area contributed by atoms with Crippen molar-refractivity contribution >= 4 is 13.7 Å². The van der Waals surface area contributed by atoms with Gasteiger partial charge in [0.1, 0.15) is 24.2 Å². The molecule has 0 amide bonds. The molecule has 2 aromatic rings. The van der Waals surface area contributed by atoms with E-state index >= 15 is 0 Å². The van der Waals surface area contributed by atoms with E-state index in [2.05, 4.69) is 5.09 Å². The Balaban J connectivity index is 1.88. The average molecular weight is 616 g/mol. The number of hydrogen-bond acceptors (Lipinski definition) is 10. The smallest absolute Gasteiger partial charge is 0.459 e. The predicted octanol–water partition coefficient (Wildman–Crippen LogP) is 3.50. The normalized spacial score (nSPS) is 21.2. The minimum Gasteiger partial charge on any atom is -0.459 e. The number of halogens is 1. The van der Waals surface area contributed by atoms with Crippen molar-refractivity contribution in [2.24, 2.45) is 5.41 Å². The van der Waals surface area contributed by atoms with Gasteiger partial charge in [0.15, 0.2) is 6.29 Å². The number of ether oxygens (including phenoxy) is 4. The Kier molecular flexibility index (Phi) is 11.6. The Hall–Kier alpha value is -2.87. The summed E-state index contributed by atoms with van der Waals surface area (Å²) in [7, 11) is -4.17. The fraction of sp³-hybridized carbons (Fsp3) is 0.593. The van der Waals surface area contributed by atoms with Crippen LogP contribution in [0.3, 0.4) is 0 Å². The molecular weight excluding hydrogens is 576 g/mol. The van der Waals surface area contributed by atoms with Crippen molar-refractivity contribution in [1.29, 1.82) is 0 Å². The second-order valence-electron chi connectivity index (χ2n) is 10.6. The van der Waals surface area contributed by atoms with Crippen molar-refractivity contribution in [3.8, 4) is 5.75 Å². The zero-order valence-electron chi connectivity index (χ0n) is 24.5. The van der Waals surface area contributed by atoms with Gasteiger partial charge in [-0.15, -0.1) is 0 Å². The molecular formula is C27H39FN3O10P. The summed E-state index contributed by atoms with van der Waals surface area (Å²) in [6.07, 6.45) is -3.30.